The van der Waals surface area contributed by atoms with Crippen molar-refractivity contribution < 1.29 is 14.9 Å². The van der Waals surface area contributed by atoms with Crippen LogP contribution in [-0.2, 0) is 4.74 Å². The molecule has 4 atom stereocenters. The third-order valence-electron chi connectivity index (χ3n) is 4.68. The van der Waals surface area contributed by atoms with E-state index in [0.29, 0.717) is 23.0 Å². The van der Waals surface area contributed by atoms with Crippen molar-refractivity contribution in [2.75, 3.05) is 25.2 Å². The van der Waals surface area contributed by atoms with Gasteiger partial charge in [0.1, 0.15) is 18.0 Å². The van der Waals surface area contributed by atoms with Crippen LogP contribution in [0.25, 0.3) is 11.2 Å². The van der Waals surface area contributed by atoms with Gasteiger partial charge >= 0.3 is 0 Å². The topological polar surface area (TPSA) is 113 Å². The zero-order valence-corrected chi connectivity index (χ0v) is 18.5. The Morgan fingerprint density at radius 1 is 1.32 bits per heavy atom. The number of aromatic amines is 1. The lowest BCUT2D eigenvalue weighted by Gasteiger charge is -2.19. The highest BCUT2D eigenvalue weighted by Crippen LogP contribution is 2.40. The largest absolute Gasteiger partial charge is 0.388 e. The minimum absolute atomic E-state index is 0.211. The molecule has 0 radical (unpaired) electrons. The summed E-state index contributed by atoms with van der Waals surface area (Å²) in [5.41, 5.74) is 0.247. The minimum Gasteiger partial charge on any atom is -0.388 e. The summed E-state index contributed by atoms with van der Waals surface area (Å²) in [6, 6.07) is 0. The van der Waals surface area contributed by atoms with Gasteiger partial charge in [-0.05, 0) is 39.3 Å². The van der Waals surface area contributed by atoms with Gasteiger partial charge in [-0.2, -0.15) is 0 Å². The van der Waals surface area contributed by atoms with Crippen LogP contribution in [0.4, 0.5) is 0 Å². The van der Waals surface area contributed by atoms with E-state index in [1.165, 1.54) is 11.8 Å². The maximum atomic E-state index is 12.3. The predicted molar refractivity (Wildman–Crippen MR) is 115 cm³/mol. The molecule has 1 aliphatic rings. The zero-order chi connectivity index (χ0) is 20.6. The molecule has 0 saturated carbocycles. The van der Waals surface area contributed by atoms with Crippen molar-refractivity contribution >= 4 is 36.1 Å². The Hall–Kier alpha value is -1.12. The normalized spacial score (nSPS) is 25.6. The fourth-order valence-corrected chi connectivity index (χ4v) is 5.08. The predicted octanol–water partition coefficient (Wildman–Crippen LogP) is 1.65. The molecule has 156 valence electrons. The molecular weight excluding hydrogens is 399 g/mol. The molecule has 2 aromatic heterocycles. The number of nitrogens with zero attached hydrogens (tertiary/aromatic N) is 3. The van der Waals surface area contributed by atoms with E-state index in [0.717, 1.165) is 18.3 Å². The van der Waals surface area contributed by atoms with Crippen LogP contribution in [0.3, 0.4) is 0 Å². The van der Waals surface area contributed by atoms with Crippen LogP contribution in [0.5, 0.6) is 0 Å². The van der Waals surface area contributed by atoms with E-state index in [-0.39, 0.29) is 11.1 Å². The SMILES string of the molecule is C=P(C)(C)CCC1OC(n2c(SCCC)nc3c(=O)[nH]c(C)nc32)[C@H](O)[C@@H]1O. The molecule has 0 bridgehead atoms. The van der Waals surface area contributed by atoms with Crippen LogP contribution in [0.1, 0.15) is 31.8 Å². The van der Waals surface area contributed by atoms with E-state index >= 15 is 0 Å². The number of aliphatic hydroxyl groups is 2. The van der Waals surface area contributed by atoms with Crippen molar-refractivity contribution in [1.82, 2.24) is 19.5 Å². The fraction of sp³-hybridized carbons (Fsp3) is 0.667. The van der Waals surface area contributed by atoms with Gasteiger partial charge in [-0.3, -0.25) is 9.36 Å². The second-order valence-corrected chi connectivity index (χ2v) is 13.3. The van der Waals surface area contributed by atoms with Gasteiger partial charge < -0.3 is 19.9 Å². The number of aryl methyl sites for hydroxylation is 1. The number of fused-ring (bicyclic) bond motifs is 1. The van der Waals surface area contributed by atoms with Crippen molar-refractivity contribution in [3.05, 3.63) is 16.2 Å². The highest BCUT2D eigenvalue weighted by Gasteiger charge is 2.45. The lowest BCUT2D eigenvalue weighted by molar-refractivity contribution is -0.0400. The molecule has 0 aromatic carbocycles. The van der Waals surface area contributed by atoms with E-state index in [1.807, 2.05) is 0 Å². The van der Waals surface area contributed by atoms with Gasteiger partial charge in [-0.1, -0.05) is 18.7 Å². The Morgan fingerprint density at radius 3 is 2.68 bits per heavy atom. The number of H-pyrrole nitrogens is 1. The first-order chi connectivity index (χ1) is 13.1. The van der Waals surface area contributed by atoms with E-state index in [9.17, 15) is 15.0 Å². The smallest absolute Gasteiger partial charge is 0.279 e. The number of nitrogens with one attached hydrogen (secondary N) is 1. The summed E-state index contributed by atoms with van der Waals surface area (Å²) < 4.78 is 7.74. The number of imidazole rings is 1. The summed E-state index contributed by atoms with van der Waals surface area (Å²) >= 11 is 1.48. The zero-order valence-electron chi connectivity index (χ0n) is 16.8. The average molecular weight is 428 g/mol. The second-order valence-electron chi connectivity index (χ2n) is 7.93. The molecule has 1 saturated heterocycles. The number of aliphatic hydroxyl groups excluding tert-OH is 2. The summed E-state index contributed by atoms with van der Waals surface area (Å²) in [4.78, 5) is 23.9. The summed E-state index contributed by atoms with van der Waals surface area (Å²) in [7, 11) is 0. The third kappa shape index (κ3) is 4.39. The summed E-state index contributed by atoms with van der Waals surface area (Å²) in [6.07, 6.45) is 3.12. The summed E-state index contributed by atoms with van der Waals surface area (Å²) in [5.74, 6) is 1.26. The number of ether oxygens (including phenoxy) is 1. The van der Waals surface area contributed by atoms with Crippen molar-refractivity contribution in [1.29, 1.82) is 0 Å². The van der Waals surface area contributed by atoms with Gasteiger partial charge in [0.15, 0.2) is 22.5 Å². The minimum atomic E-state index is -1.27. The van der Waals surface area contributed by atoms with Crippen molar-refractivity contribution in [3.63, 3.8) is 0 Å². The third-order valence-corrected chi connectivity index (χ3v) is 7.31. The monoisotopic (exact) mass is 428 g/mol. The Morgan fingerprint density at radius 2 is 2.04 bits per heavy atom. The van der Waals surface area contributed by atoms with E-state index < -0.39 is 31.4 Å². The van der Waals surface area contributed by atoms with Gasteiger partial charge in [-0.15, -0.1) is 13.2 Å². The van der Waals surface area contributed by atoms with Gasteiger partial charge in [0.05, 0.1) is 6.10 Å². The van der Waals surface area contributed by atoms with Crippen LogP contribution in [0, 0.1) is 6.92 Å². The Bertz CT molecular complexity index is 953. The average Bonchev–Trinajstić information content (AvgIpc) is 3.09. The van der Waals surface area contributed by atoms with Crippen molar-refractivity contribution in [2.24, 2.45) is 0 Å². The fourth-order valence-electron chi connectivity index (χ4n) is 3.26. The van der Waals surface area contributed by atoms with Crippen molar-refractivity contribution in [3.8, 4) is 0 Å². The first kappa shape index (κ1) is 21.6. The first-order valence-corrected chi connectivity index (χ1v) is 13.5. The van der Waals surface area contributed by atoms with Crippen LogP contribution < -0.4 is 5.56 Å². The highest BCUT2D eigenvalue weighted by molar-refractivity contribution is 7.99. The Kier molecular flexibility index (Phi) is 6.41. The van der Waals surface area contributed by atoms with Crippen LogP contribution in [0.2, 0.25) is 0 Å². The highest BCUT2D eigenvalue weighted by atomic mass is 32.2. The molecule has 0 aliphatic carbocycles. The summed E-state index contributed by atoms with van der Waals surface area (Å²) in [6.45, 7) is 6.73. The quantitative estimate of drug-likeness (QED) is 0.454. The first-order valence-electron chi connectivity index (χ1n) is 9.43. The molecule has 3 heterocycles. The lowest BCUT2D eigenvalue weighted by Crippen LogP contribution is -2.32. The Labute approximate surface area is 168 Å². The molecular formula is C18H29N4O4PS. The molecule has 0 amide bonds. The van der Waals surface area contributed by atoms with E-state index in [4.69, 9.17) is 4.74 Å². The number of hydrogen-bond acceptors (Lipinski definition) is 7. The number of rotatable bonds is 7. The molecule has 1 aliphatic heterocycles. The van der Waals surface area contributed by atoms with Gasteiger partial charge in [0.2, 0.25) is 0 Å². The van der Waals surface area contributed by atoms with Gasteiger partial charge in [-0.25, -0.2) is 9.97 Å². The van der Waals surface area contributed by atoms with Gasteiger partial charge in [0, 0.05) is 5.75 Å². The number of hydrogen-bond donors (Lipinski definition) is 3. The Balaban J connectivity index is 2.01. The maximum Gasteiger partial charge on any atom is 0.279 e. The molecule has 28 heavy (non-hydrogen) atoms. The molecule has 3 rings (SSSR count). The number of thioether (sulfide) groups is 1. The van der Waals surface area contributed by atoms with Crippen molar-refractivity contribution in [2.45, 2.75) is 56.4 Å². The lowest BCUT2D eigenvalue weighted by atomic mass is 10.1. The molecule has 1 fully saturated rings. The molecule has 10 heteroatoms. The van der Waals surface area contributed by atoms with Crippen LogP contribution >= 0.6 is 18.6 Å². The molecule has 2 aromatic rings. The molecule has 3 N–H and O–H groups in total. The molecule has 0 spiro atoms. The summed E-state index contributed by atoms with van der Waals surface area (Å²) in [5, 5.41) is 21.8. The standard InChI is InChI=1S/C18H29N4O4PS/c1-6-9-28-18-21-12-15(19-10(2)20-16(12)25)22(18)17-14(24)13(23)11(26-17)7-8-27(3,4)5/h11,13-14,17,23-24H,3,6-9H2,1-2,4-5H3,(H,19,20,25)/t11?,13-,14-,17?/m1/s1. The maximum absolute atomic E-state index is 12.3. The van der Waals surface area contributed by atoms with Gasteiger partial charge in [0.25, 0.3) is 5.56 Å². The molecule has 2 unspecified atom stereocenters. The number of aromatic nitrogens is 4. The van der Waals surface area contributed by atoms with E-state index in [2.05, 4.69) is 41.5 Å². The van der Waals surface area contributed by atoms with E-state index in [1.54, 1.807) is 11.5 Å². The molecule has 8 nitrogen and oxygen atoms in total. The van der Waals surface area contributed by atoms with Crippen LogP contribution in [0.15, 0.2) is 9.95 Å². The second kappa shape index (κ2) is 8.32. The van der Waals surface area contributed by atoms with Crippen LogP contribution in [-0.4, -0.2) is 79.6 Å².